The standard InChI is InChI=1S/C21H20ClFN8O3/c1-8(27-18-15(17(24)25-7-26-18)20-28-9(2)30-34-20)19-29-16-12(23)4-3-11(22)14(16)21(33)31(19)13-5-10(13)6-32/h3-4,7-8,10,13,32H,5-6H2,1-2H3,(H3,24,25,26,27)/t8-,10?,13?/m0/s1. The molecule has 0 bridgehead atoms. The van der Waals surface area contributed by atoms with E-state index in [1.165, 1.54) is 17.0 Å². The van der Waals surface area contributed by atoms with Crippen molar-refractivity contribution in [3.63, 3.8) is 0 Å². The first-order chi connectivity index (χ1) is 16.3. The molecular weight excluding hydrogens is 467 g/mol. The Hall–Kier alpha value is -3.64. The third-order valence-electron chi connectivity index (χ3n) is 5.79. The molecule has 13 heteroatoms. The summed E-state index contributed by atoms with van der Waals surface area (Å²) in [5.41, 5.74) is 5.74. The summed E-state index contributed by atoms with van der Waals surface area (Å²) in [5.74, 6) is 0.377. The van der Waals surface area contributed by atoms with Gasteiger partial charge in [-0.2, -0.15) is 4.98 Å². The summed E-state index contributed by atoms with van der Waals surface area (Å²) in [6.07, 6.45) is 1.85. The van der Waals surface area contributed by atoms with Crippen molar-refractivity contribution < 1.29 is 14.0 Å². The Morgan fingerprint density at radius 2 is 2.18 bits per heavy atom. The van der Waals surface area contributed by atoms with Crippen LogP contribution < -0.4 is 16.6 Å². The number of nitrogens with zero attached hydrogens (tertiary/aromatic N) is 6. The molecule has 1 aliphatic carbocycles. The number of aliphatic hydroxyl groups excluding tert-OH is 1. The predicted octanol–water partition coefficient (Wildman–Crippen LogP) is 2.65. The van der Waals surface area contributed by atoms with E-state index < -0.39 is 17.4 Å². The molecule has 11 nitrogen and oxygen atoms in total. The highest BCUT2D eigenvalue weighted by atomic mass is 35.5. The van der Waals surface area contributed by atoms with Crippen LogP contribution in [0.5, 0.6) is 0 Å². The average molecular weight is 487 g/mol. The predicted molar refractivity (Wildman–Crippen MR) is 122 cm³/mol. The number of fused-ring (bicyclic) bond motifs is 1. The summed E-state index contributed by atoms with van der Waals surface area (Å²) in [6, 6.07) is 1.55. The highest BCUT2D eigenvalue weighted by Crippen LogP contribution is 2.44. The minimum absolute atomic E-state index is 0.00508. The van der Waals surface area contributed by atoms with Crippen molar-refractivity contribution in [1.82, 2.24) is 29.7 Å². The zero-order valence-corrected chi connectivity index (χ0v) is 18.9. The van der Waals surface area contributed by atoms with E-state index in [4.69, 9.17) is 21.9 Å². The van der Waals surface area contributed by atoms with Gasteiger partial charge in [-0.05, 0) is 32.4 Å². The maximum Gasteiger partial charge on any atom is 0.265 e. The van der Waals surface area contributed by atoms with Gasteiger partial charge in [0.1, 0.15) is 40.7 Å². The number of nitrogens with one attached hydrogen (secondary N) is 1. The van der Waals surface area contributed by atoms with E-state index >= 15 is 0 Å². The van der Waals surface area contributed by atoms with Crippen molar-refractivity contribution in [2.24, 2.45) is 5.92 Å². The second kappa shape index (κ2) is 8.29. The first kappa shape index (κ1) is 22.2. The Morgan fingerprint density at radius 1 is 1.38 bits per heavy atom. The number of hydrogen-bond donors (Lipinski definition) is 3. The van der Waals surface area contributed by atoms with Gasteiger partial charge in [0.05, 0.1) is 16.5 Å². The van der Waals surface area contributed by atoms with Gasteiger partial charge in [-0.1, -0.05) is 16.8 Å². The lowest BCUT2D eigenvalue weighted by Gasteiger charge is -2.21. The number of halogens is 2. The van der Waals surface area contributed by atoms with E-state index in [9.17, 15) is 14.3 Å². The molecule has 4 aromatic rings. The zero-order chi connectivity index (χ0) is 24.1. The van der Waals surface area contributed by atoms with Crippen LogP contribution in [-0.2, 0) is 0 Å². The van der Waals surface area contributed by atoms with Crippen LogP contribution in [0.3, 0.4) is 0 Å². The smallest absolute Gasteiger partial charge is 0.265 e. The lowest BCUT2D eigenvalue weighted by Crippen LogP contribution is -2.29. The van der Waals surface area contributed by atoms with Crippen molar-refractivity contribution >= 4 is 34.1 Å². The molecule has 1 saturated carbocycles. The fourth-order valence-corrected chi connectivity index (χ4v) is 4.24. The van der Waals surface area contributed by atoms with E-state index in [0.29, 0.717) is 17.8 Å². The molecule has 3 heterocycles. The van der Waals surface area contributed by atoms with Crippen molar-refractivity contribution in [3.8, 4) is 11.5 Å². The highest BCUT2D eigenvalue weighted by Gasteiger charge is 2.41. The number of aryl methyl sites for hydroxylation is 1. The Morgan fingerprint density at radius 3 is 2.85 bits per heavy atom. The van der Waals surface area contributed by atoms with Gasteiger partial charge in [0.25, 0.3) is 11.4 Å². The van der Waals surface area contributed by atoms with E-state index in [-0.39, 0.29) is 57.8 Å². The summed E-state index contributed by atoms with van der Waals surface area (Å²) in [6.45, 7) is 3.31. The molecule has 34 heavy (non-hydrogen) atoms. The molecule has 2 unspecified atom stereocenters. The molecule has 0 saturated heterocycles. The normalized spacial score (nSPS) is 18.3. The summed E-state index contributed by atoms with van der Waals surface area (Å²) >= 11 is 6.23. The number of hydrogen-bond acceptors (Lipinski definition) is 10. The van der Waals surface area contributed by atoms with Crippen LogP contribution in [0.2, 0.25) is 5.02 Å². The Labute approximate surface area is 196 Å². The van der Waals surface area contributed by atoms with E-state index in [0.717, 1.165) is 6.07 Å². The summed E-state index contributed by atoms with van der Waals surface area (Å²) in [7, 11) is 0. The zero-order valence-electron chi connectivity index (χ0n) is 18.2. The lowest BCUT2D eigenvalue weighted by atomic mass is 10.2. The quantitative estimate of drug-likeness (QED) is 0.370. The van der Waals surface area contributed by atoms with Gasteiger partial charge in [-0.25, -0.2) is 19.3 Å². The number of rotatable bonds is 6. The maximum absolute atomic E-state index is 14.7. The Balaban J connectivity index is 1.64. The number of benzene rings is 1. The van der Waals surface area contributed by atoms with Crippen LogP contribution in [-0.4, -0.2) is 41.4 Å². The molecular formula is C21H20ClFN8O3. The van der Waals surface area contributed by atoms with E-state index in [2.05, 4.69) is 30.4 Å². The van der Waals surface area contributed by atoms with Gasteiger partial charge in [-0.15, -0.1) is 0 Å². The number of nitrogen functional groups attached to an aromatic ring is 1. The largest absolute Gasteiger partial charge is 0.396 e. The molecule has 4 N–H and O–H groups in total. The summed E-state index contributed by atoms with van der Waals surface area (Å²) in [5, 5.41) is 16.6. The highest BCUT2D eigenvalue weighted by molar-refractivity contribution is 6.35. The molecule has 1 fully saturated rings. The van der Waals surface area contributed by atoms with Gasteiger partial charge >= 0.3 is 0 Å². The van der Waals surface area contributed by atoms with Crippen molar-refractivity contribution in [3.05, 3.63) is 51.3 Å². The SMILES string of the molecule is Cc1noc(-c2c(N)ncnc2N[C@@H](C)c2nc3c(F)ccc(Cl)c3c(=O)n2C2CC2CO)n1. The molecule has 1 aliphatic rings. The van der Waals surface area contributed by atoms with Gasteiger partial charge in [-0.3, -0.25) is 9.36 Å². The molecule has 0 aliphatic heterocycles. The van der Waals surface area contributed by atoms with Crippen molar-refractivity contribution in [1.29, 1.82) is 0 Å². The monoisotopic (exact) mass is 486 g/mol. The van der Waals surface area contributed by atoms with Gasteiger partial charge < -0.3 is 20.7 Å². The molecule has 0 radical (unpaired) electrons. The van der Waals surface area contributed by atoms with Crippen LogP contribution in [0.25, 0.3) is 22.4 Å². The third kappa shape index (κ3) is 3.64. The molecule has 0 amide bonds. The topological polar surface area (TPSA) is 158 Å². The summed E-state index contributed by atoms with van der Waals surface area (Å²) in [4.78, 5) is 30.4. The van der Waals surface area contributed by atoms with Gasteiger partial charge in [0.15, 0.2) is 5.82 Å². The second-order valence-electron chi connectivity index (χ2n) is 8.14. The molecule has 3 aromatic heterocycles. The van der Waals surface area contributed by atoms with Crippen LogP contribution in [0.15, 0.2) is 27.8 Å². The van der Waals surface area contributed by atoms with Crippen molar-refractivity contribution in [2.45, 2.75) is 32.4 Å². The van der Waals surface area contributed by atoms with Crippen LogP contribution in [0, 0.1) is 18.7 Å². The molecule has 0 spiro atoms. The fourth-order valence-electron chi connectivity index (χ4n) is 4.00. The second-order valence-corrected chi connectivity index (χ2v) is 8.55. The first-order valence-electron chi connectivity index (χ1n) is 10.5. The van der Waals surface area contributed by atoms with Crippen LogP contribution >= 0.6 is 11.6 Å². The van der Waals surface area contributed by atoms with Crippen molar-refractivity contribution in [2.75, 3.05) is 17.7 Å². The number of aromatic nitrogens is 6. The Kier molecular flexibility index (Phi) is 5.41. The van der Waals surface area contributed by atoms with Crippen LogP contribution in [0.1, 0.15) is 37.1 Å². The third-order valence-corrected chi connectivity index (χ3v) is 6.11. The van der Waals surface area contributed by atoms with Gasteiger partial charge in [0, 0.05) is 18.6 Å². The molecule has 5 rings (SSSR count). The van der Waals surface area contributed by atoms with Crippen LogP contribution in [0.4, 0.5) is 16.0 Å². The lowest BCUT2D eigenvalue weighted by molar-refractivity contribution is 0.267. The van der Waals surface area contributed by atoms with E-state index in [1.807, 2.05) is 0 Å². The average Bonchev–Trinajstić information content (AvgIpc) is 3.46. The van der Waals surface area contributed by atoms with Gasteiger partial charge in [0.2, 0.25) is 0 Å². The summed E-state index contributed by atoms with van der Waals surface area (Å²) < 4.78 is 21.4. The molecule has 1 aromatic carbocycles. The minimum atomic E-state index is -0.667. The van der Waals surface area contributed by atoms with E-state index in [1.54, 1.807) is 13.8 Å². The Bertz CT molecular complexity index is 1470. The number of nitrogens with two attached hydrogens (primary N) is 1. The fraction of sp³-hybridized carbons (Fsp3) is 0.333. The maximum atomic E-state index is 14.7. The minimum Gasteiger partial charge on any atom is -0.396 e. The molecule has 3 atom stereocenters. The molecule has 176 valence electrons. The first-order valence-corrected chi connectivity index (χ1v) is 10.9. The number of aliphatic hydroxyl groups is 1. The number of anilines is 2.